The first-order chi connectivity index (χ1) is 23.1. The second kappa shape index (κ2) is 14.0. The van der Waals surface area contributed by atoms with Gasteiger partial charge in [-0.15, -0.1) is 0 Å². The number of sulfonamides is 1. The lowest BCUT2D eigenvalue weighted by atomic mass is 9.95. The van der Waals surface area contributed by atoms with Crippen LogP contribution in [-0.4, -0.2) is 87.3 Å². The quantitative estimate of drug-likeness (QED) is 0.174. The number of piperazine rings is 1. The number of carbonyl (C=O) groups excluding carboxylic acids is 3. The molecule has 0 bridgehead atoms. The Morgan fingerprint density at radius 3 is 2.18 bits per heavy atom. The van der Waals surface area contributed by atoms with Gasteiger partial charge in [-0.1, -0.05) is 19.1 Å². The Kier molecular flexibility index (Phi) is 10.1. The normalized spacial score (nSPS) is 13.9. The Labute approximate surface area is 284 Å². The maximum absolute atomic E-state index is 13.8. The first-order valence-electron chi connectivity index (χ1n) is 15.9. The maximum atomic E-state index is 13.8. The standard InChI is InChI=1S/C36H39F2N3O7S/c1-6-30(42)32-28-21-27(24-8-7-9-25(20-24)34(43)39-16-18-40(19-17-39)35(44)48-36(2,3)4)29(41(15-14-37)49(5,45)46)22-31(28)47-33(32)23-10-12-26(38)13-11-23/h7-13,20-22H,6,14-19H2,1-5H3. The van der Waals surface area contributed by atoms with Gasteiger partial charge in [-0.25, -0.2) is 22.0 Å². The van der Waals surface area contributed by atoms with Crippen LogP contribution in [0.4, 0.5) is 19.3 Å². The number of fused-ring (bicyclic) bond motifs is 1. The molecule has 0 atom stereocenters. The molecule has 1 aromatic heterocycles. The van der Waals surface area contributed by atoms with Crippen molar-refractivity contribution >= 4 is 44.5 Å². The van der Waals surface area contributed by atoms with E-state index in [4.69, 9.17) is 9.15 Å². The number of alkyl halides is 1. The van der Waals surface area contributed by atoms with Crippen LogP contribution in [0.25, 0.3) is 33.4 Å². The molecule has 0 radical (unpaired) electrons. The number of benzene rings is 3. The van der Waals surface area contributed by atoms with Crippen LogP contribution in [0.3, 0.4) is 0 Å². The van der Waals surface area contributed by atoms with Crippen molar-refractivity contribution < 1.29 is 40.7 Å². The van der Waals surface area contributed by atoms with Gasteiger partial charge in [0.15, 0.2) is 5.78 Å². The van der Waals surface area contributed by atoms with Gasteiger partial charge in [-0.3, -0.25) is 13.9 Å². The number of carbonyl (C=O) groups is 3. The van der Waals surface area contributed by atoms with E-state index in [-0.39, 0.29) is 53.8 Å². The smallest absolute Gasteiger partial charge is 0.410 e. The molecule has 1 aliphatic heterocycles. The summed E-state index contributed by atoms with van der Waals surface area (Å²) in [6, 6.07) is 15.1. The topological polar surface area (TPSA) is 117 Å². The summed E-state index contributed by atoms with van der Waals surface area (Å²) < 4.78 is 66.1. The van der Waals surface area contributed by atoms with Crippen LogP contribution in [0, 0.1) is 5.82 Å². The monoisotopic (exact) mass is 695 g/mol. The molecule has 3 aromatic carbocycles. The average Bonchev–Trinajstić information content (AvgIpc) is 3.43. The van der Waals surface area contributed by atoms with Crippen LogP contribution < -0.4 is 4.31 Å². The minimum atomic E-state index is -4.00. The molecule has 2 heterocycles. The highest BCUT2D eigenvalue weighted by atomic mass is 32.2. The zero-order chi connectivity index (χ0) is 35.7. The fraction of sp³-hybridized carbons (Fsp3) is 0.361. The van der Waals surface area contributed by atoms with E-state index in [1.807, 2.05) is 0 Å². The molecule has 1 saturated heterocycles. The lowest BCUT2D eigenvalue weighted by Gasteiger charge is -2.35. The molecule has 0 unspecified atom stereocenters. The van der Waals surface area contributed by atoms with Crippen LogP contribution in [0.15, 0.2) is 65.1 Å². The summed E-state index contributed by atoms with van der Waals surface area (Å²) in [5.41, 5.74) is 1.40. The van der Waals surface area contributed by atoms with Crippen molar-refractivity contribution in [2.45, 2.75) is 39.7 Å². The zero-order valence-corrected chi connectivity index (χ0v) is 28.9. The van der Waals surface area contributed by atoms with E-state index in [0.717, 1.165) is 10.6 Å². The van der Waals surface area contributed by atoms with E-state index in [0.29, 0.717) is 40.7 Å². The molecule has 0 saturated carbocycles. The first-order valence-corrected chi connectivity index (χ1v) is 17.8. The zero-order valence-electron chi connectivity index (χ0n) is 28.1. The third-order valence-electron chi connectivity index (χ3n) is 8.11. The Balaban J connectivity index is 1.60. The van der Waals surface area contributed by atoms with Crippen molar-refractivity contribution in [3.8, 4) is 22.5 Å². The molecule has 1 fully saturated rings. The number of rotatable bonds is 9. The van der Waals surface area contributed by atoms with Crippen molar-refractivity contribution in [2.75, 3.05) is 50.0 Å². The average molecular weight is 696 g/mol. The highest BCUT2D eigenvalue weighted by Crippen LogP contribution is 2.42. The molecule has 10 nitrogen and oxygen atoms in total. The number of hydrogen-bond donors (Lipinski definition) is 0. The number of halogens is 2. The van der Waals surface area contributed by atoms with Crippen LogP contribution in [0.1, 0.15) is 54.8 Å². The minimum Gasteiger partial charge on any atom is -0.455 e. The molecule has 1 aliphatic rings. The first kappa shape index (κ1) is 35.5. The number of ketones is 1. The van der Waals surface area contributed by atoms with Crippen LogP contribution in [0.5, 0.6) is 0 Å². The van der Waals surface area contributed by atoms with Gasteiger partial charge in [0, 0.05) is 60.7 Å². The van der Waals surface area contributed by atoms with Gasteiger partial charge in [-0.05, 0) is 68.8 Å². The van der Waals surface area contributed by atoms with E-state index in [9.17, 15) is 31.6 Å². The summed E-state index contributed by atoms with van der Waals surface area (Å²) in [5.74, 6) is -0.825. The summed E-state index contributed by atoms with van der Waals surface area (Å²) in [5, 5.41) is 0.383. The molecule has 0 spiro atoms. The Hall–Kier alpha value is -4.78. The van der Waals surface area contributed by atoms with Crippen molar-refractivity contribution in [2.24, 2.45) is 0 Å². The van der Waals surface area contributed by atoms with E-state index in [1.54, 1.807) is 67.8 Å². The van der Waals surface area contributed by atoms with E-state index in [2.05, 4.69) is 0 Å². The summed E-state index contributed by atoms with van der Waals surface area (Å²) in [6.45, 7) is 6.73. The van der Waals surface area contributed by atoms with Crippen LogP contribution in [0.2, 0.25) is 0 Å². The van der Waals surface area contributed by atoms with Gasteiger partial charge >= 0.3 is 6.09 Å². The number of anilines is 1. The Morgan fingerprint density at radius 2 is 1.59 bits per heavy atom. The largest absolute Gasteiger partial charge is 0.455 e. The van der Waals surface area contributed by atoms with Gasteiger partial charge in [0.05, 0.1) is 24.1 Å². The fourth-order valence-corrected chi connectivity index (χ4v) is 6.70. The number of Topliss-reactive ketones (excluding diaryl/α,β-unsaturated/α-hetero) is 1. The molecule has 0 aliphatic carbocycles. The number of furan rings is 1. The lowest BCUT2D eigenvalue weighted by Crippen LogP contribution is -2.51. The van der Waals surface area contributed by atoms with Crippen molar-refractivity contribution in [3.63, 3.8) is 0 Å². The third kappa shape index (κ3) is 7.77. The summed E-state index contributed by atoms with van der Waals surface area (Å²) in [4.78, 5) is 42.8. The Morgan fingerprint density at radius 1 is 0.939 bits per heavy atom. The van der Waals surface area contributed by atoms with E-state index >= 15 is 0 Å². The van der Waals surface area contributed by atoms with Gasteiger partial charge in [0.2, 0.25) is 10.0 Å². The van der Waals surface area contributed by atoms with Gasteiger partial charge in [0.25, 0.3) is 5.91 Å². The minimum absolute atomic E-state index is 0.0955. The molecule has 0 N–H and O–H groups in total. The molecule has 13 heteroatoms. The number of amides is 2. The van der Waals surface area contributed by atoms with Crippen LogP contribution in [-0.2, 0) is 14.8 Å². The maximum Gasteiger partial charge on any atom is 0.410 e. The van der Waals surface area contributed by atoms with Crippen molar-refractivity contribution in [3.05, 3.63) is 77.6 Å². The second-order valence-electron chi connectivity index (χ2n) is 12.8. The van der Waals surface area contributed by atoms with E-state index in [1.165, 1.54) is 30.3 Å². The van der Waals surface area contributed by atoms with Gasteiger partial charge in [-0.2, -0.15) is 0 Å². The Bertz CT molecular complexity index is 2000. The number of nitrogens with zero attached hydrogens (tertiary/aromatic N) is 3. The molecule has 49 heavy (non-hydrogen) atoms. The van der Waals surface area contributed by atoms with Crippen molar-refractivity contribution in [1.29, 1.82) is 0 Å². The predicted octanol–water partition coefficient (Wildman–Crippen LogP) is 6.93. The molecule has 5 rings (SSSR count). The molecule has 260 valence electrons. The highest BCUT2D eigenvalue weighted by Gasteiger charge is 2.30. The summed E-state index contributed by atoms with van der Waals surface area (Å²) in [6.07, 6.45) is 0.643. The third-order valence-corrected chi connectivity index (χ3v) is 9.29. The SMILES string of the molecule is CCC(=O)c1c(-c2ccc(F)cc2)oc2cc(N(CCF)S(C)(=O)=O)c(-c3cccc(C(=O)N4CCN(C(=O)OC(C)(C)C)CC4)c3)cc12. The van der Waals surface area contributed by atoms with Gasteiger partial charge in [0.1, 0.15) is 29.4 Å². The highest BCUT2D eigenvalue weighted by molar-refractivity contribution is 7.92. The summed E-state index contributed by atoms with van der Waals surface area (Å²) in [7, 11) is -4.00. The second-order valence-corrected chi connectivity index (χ2v) is 14.7. The summed E-state index contributed by atoms with van der Waals surface area (Å²) >= 11 is 0. The number of ether oxygens (including phenoxy) is 1. The molecule has 2 amide bonds. The number of hydrogen-bond acceptors (Lipinski definition) is 7. The molecular formula is C36H39F2N3O7S. The fourth-order valence-electron chi connectivity index (χ4n) is 5.79. The predicted molar refractivity (Wildman–Crippen MR) is 184 cm³/mol. The van der Waals surface area contributed by atoms with Gasteiger partial charge < -0.3 is 19.0 Å². The van der Waals surface area contributed by atoms with Crippen LogP contribution >= 0.6 is 0 Å². The molecular weight excluding hydrogens is 656 g/mol. The molecule has 4 aromatic rings. The van der Waals surface area contributed by atoms with Crippen molar-refractivity contribution in [1.82, 2.24) is 9.80 Å². The lowest BCUT2D eigenvalue weighted by molar-refractivity contribution is 0.0141. The van der Waals surface area contributed by atoms with E-state index < -0.39 is 40.8 Å².